The number of carbonyl (C=O) groups excluding carboxylic acids is 2. The average Bonchev–Trinajstić information content (AvgIpc) is 3.22. The molecule has 0 fully saturated rings. The van der Waals surface area contributed by atoms with Gasteiger partial charge >= 0.3 is 11.9 Å². The van der Waals surface area contributed by atoms with Gasteiger partial charge in [0.25, 0.3) is 0 Å². The summed E-state index contributed by atoms with van der Waals surface area (Å²) in [7, 11) is 0. The van der Waals surface area contributed by atoms with Crippen LogP contribution in [0.15, 0.2) is 146 Å². The first-order valence-electron chi connectivity index (χ1n) is 19.5. The number of unbranched alkanes of at least 4 members (excludes halogenated alkanes) is 1. The molecule has 0 spiro atoms. The van der Waals surface area contributed by atoms with E-state index >= 15 is 0 Å². The van der Waals surface area contributed by atoms with E-state index < -0.39 is 0 Å². The number of esters is 2. The third-order valence-electron chi connectivity index (χ3n) is 9.91. The topological polar surface area (TPSA) is 93.1 Å². The number of carbonyl (C=O) groups is 2. The minimum Gasteiger partial charge on any atom is -0.507 e. The standard InChI is InChI=1S/C50H50O6/c51-47(25-23-41-33-43(29-37-15-5-1-6-16-37)49(53)44(34-41)30-38-17-7-2-8-18-38)55-27-13-14-28-56-48(52)26-24-42-35-45(31-39-19-9-3-10-20-39)50(54)46(36-42)32-40-21-11-4-12-22-40/h1-12,15-22,33-36,53-54H,13-14,23-32H2. The molecule has 0 saturated carbocycles. The van der Waals surface area contributed by atoms with Gasteiger partial charge in [0.2, 0.25) is 0 Å². The number of benzene rings is 6. The monoisotopic (exact) mass is 746 g/mol. The van der Waals surface area contributed by atoms with E-state index in [1.807, 2.05) is 146 Å². The highest BCUT2D eigenvalue weighted by molar-refractivity contribution is 5.70. The lowest BCUT2D eigenvalue weighted by atomic mass is 9.93. The number of rotatable bonds is 19. The molecular weight excluding hydrogens is 697 g/mol. The maximum atomic E-state index is 12.7. The molecule has 286 valence electrons. The summed E-state index contributed by atoms with van der Waals surface area (Å²) in [6, 6.07) is 48.2. The van der Waals surface area contributed by atoms with Crippen LogP contribution in [0.2, 0.25) is 0 Å². The zero-order valence-electron chi connectivity index (χ0n) is 31.9. The summed E-state index contributed by atoms with van der Waals surface area (Å²) in [4.78, 5) is 25.4. The number of phenols is 2. The molecule has 0 saturated heterocycles. The Bertz CT molecular complexity index is 1870. The Kier molecular flexibility index (Phi) is 14.5. The molecule has 0 aliphatic rings. The van der Waals surface area contributed by atoms with Crippen LogP contribution in [-0.4, -0.2) is 35.4 Å². The van der Waals surface area contributed by atoms with E-state index in [1.54, 1.807) is 0 Å². The normalized spacial score (nSPS) is 10.9. The summed E-state index contributed by atoms with van der Waals surface area (Å²) in [5.41, 5.74) is 9.74. The number of hydrogen-bond acceptors (Lipinski definition) is 6. The fraction of sp³-hybridized carbons (Fsp3) is 0.240. The van der Waals surface area contributed by atoms with Gasteiger partial charge in [-0.25, -0.2) is 0 Å². The molecule has 0 aliphatic carbocycles. The van der Waals surface area contributed by atoms with Crippen molar-refractivity contribution < 1.29 is 29.3 Å². The smallest absolute Gasteiger partial charge is 0.306 e. The molecule has 0 heterocycles. The SMILES string of the molecule is O=C(CCc1cc(Cc2ccccc2)c(O)c(Cc2ccccc2)c1)OCCCCOC(=O)CCc1cc(Cc2ccccc2)c(O)c(Cc2ccccc2)c1. The second kappa shape index (κ2) is 20.5. The third-order valence-corrected chi connectivity index (χ3v) is 9.91. The van der Waals surface area contributed by atoms with Crippen LogP contribution in [0.5, 0.6) is 11.5 Å². The first kappa shape index (κ1) is 39.6. The molecule has 6 heteroatoms. The van der Waals surface area contributed by atoms with Crippen molar-refractivity contribution in [2.24, 2.45) is 0 Å². The zero-order chi connectivity index (χ0) is 39.0. The van der Waals surface area contributed by atoms with Gasteiger partial charge in [-0.05, 0) is 81.3 Å². The fourth-order valence-corrected chi connectivity index (χ4v) is 6.97. The molecule has 6 aromatic rings. The van der Waals surface area contributed by atoms with Crippen LogP contribution in [0, 0.1) is 0 Å². The highest BCUT2D eigenvalue weighted by Gasteiger charge is 2.15. The first-order valence-corrected chi connectivity index (χ1v) is 19.5. The van der Waals surface area contributed by atoms with Crippen molar-refractivity contribution >= 4 is 11.9 Å². The molecule has 0 bridgehead atoms. The number of ether oxygens (including phenoxy) is 2. The summed E-state index contributed by atoms with van der Waals surface area (Å²) in [5, 5.41) is 22.4. The number of hydrogen-bond donors (Lipinski definition) is 2. The summed E-state index contributed by atoms with van der Waals surface area (Å²) >= 11 is 0. The Labute approximate surface area is 330 Å². The van der Waals surface area contributed by atoms with Crippen LogP contribution >= 0.6 is 0 Å². The Balaban J connectivity index is 0.946. The van der Waals surface area contributed by atoms with Crippen LogP contribution in [0.25, 0.3) is 0 Å². The van der Waals surface area contributed by atoms with Gasteiger partial charge in [-0.1, -0.05) is 146 Å². The van der Waals surface area contributed by atoms with E-state index in [4.69, 9.17) is 9.47 Å². The van der Waals surface area contributed by atoms with Crippen LogP contribution < -0.4 is 0 Å². The molecule has 0 aromatic heterocycles. The lowest BCUT2D eigenvalue weighted by molar-refractivity contribution is -0.146. The lowest BCUT2D eigenvalue weighted by Crippen LogP contribution is -2.10. The van der Waals surface area contributed by atoms with Gasteiger partial charge < -0.3 is 19.7 Å². The Morgan fingerprint density at radius 1 is 0.393 bits per heavy atom. The van der Waals surface area contributed by atoms with Crippen molar-refractivity contribution in [1.82, 2.24) is 0 Å². The molecule has 0 atom stereocenters. The van der Waals surface area contributed by atoms with Crippen LogP contribution in [0.1, 0.15) is 81.3 Å². The molecule has 0 radical (unpaired) electrons. The largest absolute Gasteiger partial charge is 0.507 e. The average molecular weight is 747 g/mol. The minimum absolute atomic E-state index is 0.229. The molecule has 6 nitrogen and oxygen atoms in total. The van der Waals surface area contributed by atoms with Crippen LogP contribution in [0.4, 0.5) is 0 Å². The van der Waals surface area contributed by atoms with Gasteiger partial charge in [0.15, 0.2) is 0 Å². The zero-order valence-corrected chi connectivity index (χ0v) is 31.9. The maximum Gasteiger partial charge on any atom is 0.306 e. The summed E-state index contributed by atoms with van der Waals surface area (Å²) in [6.07, 6.45) is 5.03. The molecular formula is C50H50O6. The Hall–Kier alpha value is -6.14. The van der Waals surface area contributed by atoms with Gasteiger partial charge in [-0.15, -0.1) is 0 Å². The van der Waals surface area contributed by atoms with E-state index in [-0.39, 0.29) is 38.0 Å². The van der Waals surface area contributed by atoms with Crippen LogP contribution in [0.3, 0.4) is 0 Å². The predicted molar refractivity (Wildman–Crippen MR) is 221 cm³/mol. The van der Waals surface area contributed by atoms with Gasteiger partial charge in [-0.2, -0.15) is 0 Å². The number of aryl methyl sites for hydroxylation is 2. The quantitative estimate of drug-likeness (QED) is 0.0634. The van der Waals surface area contributed by atoms with E-state index in [0.717, 1.165) is 55.6 Å². The lowest BCUT2D eigenvalue weighted by Gasteiger charge is -2.14. The van der Waals surface area contributed by atoms with Crippen LogP contribution in [-0.2, 0) is 57.6 Å². The summed E-state index contributed by atoms with van der Waals surface area (Å²) < 4.78 is 11.0. The number of phenolic OH excluding ortho intramolecular Hbond substituents is 2. The van der Waals surface area contributed by atoms with Crippen molar-refractivity contribution in [1.29, 1.82) is 0 Å². The van der Waals surface area contributed by atoms with Crippen molar-refractivity contribution in [3.05, 3.63) is 201 Å². The molecule has 2 N–H and O–H groups in total. The molecule has 6 aromatic carbocycles. The van der Waals surface area contributed by atoms with E-state index in [9.17, 15) is 19.8 Å². The van der Waals surface area contributed by atoms with Crippen molar-refractivity contribution in [2.75, 3.05) is 13.2 Å². The molecule has 6 rings (SSSR count). The minimum atomic E-state index is -0.281. The van der Waals surface area contributed by atoms with Gasteiger partial charge in [0.05, 0.1) is 13.2 Å². The number of aromatic hydroxyl groups is 2. The first-order chi connectivity index (χ1) is 27.4. The maximum absolute atomic E-state index is 12.7. The highest BCUT2D eigenvalue weighted by atomic mass is 16.5. The third kappa shape index (κ3) is 12.2. The van der Waals surface area contributed by atoms with E-state index in [0.29, 0.717) is 62.9 Å². The van der Waals surface area contributed by atoms with Crippen molar-refractivity contribution in [2.45, 2.75) is 64.2 Å². The summed E-state index contributed by atoms with van der Waals surface area (Å²) in [6.45, 7) is 0.513. The Morgan fingerprint density at radius 2 is 0.661 bits per heavy atom. The Morgan fingerprint density at radius 3 is 0.929 bits per heavy atom. The highest BCUT2D eigenvalue weighted by Crippen LogP contribution is 2.31. The molecule has 0 unspecified atom stereocenters. The fourth-order valence-electron chi connectivity index (χ4n) is 6.97. The second-order valence-electron chi connectivity index (χ2n) is 14.3. The summed E-state index contributed by atoms with van der Waals surface area (Å²) in [5.74, 6) is 0.0324. The second-order valence-corrected chi connectivity index (χ2v) is 14.3. The molecule has 56 heavy (non-hydrogen) atoms. The predicted octanol–water partition coefficient (Wildman–Crippen LogP) is 9.89. The van der Waals surface area contributed by atoms with Crippen molar-refractivity contribution in [3.63, 3.8) is 0 Å². The molecule has 0 aliphatic heterocycles. The van der Waals surface area contributed by atoms with Crippen molar-refractivity contribution in [3.8, 4) is 11.5 Å². The van der Waals surface area contributed by atoms with E-state index in [1.165, 1.54) is 0 Å². The van der Waals surface area contributed by atoms with E-state index in [2.05, 4.69) is 0 Å². The van der Waals surface area contributed by atoms with Gasteiger partial charge in [0.1, 0.15) is 11.5 Å². The van der Waals surface area contributed by atoms with Gasteiger partial charge in [-0.3, -0.25) is 9.59 Å². The van der Waals surface area contributed by atoms with Gasteiger partial charge in [0, 0.05) is 38.5 Å². The molecule has 0 amide bonds.